The largest absolute Gasteiger partial charge is 0.439 e. The van der Waals surface area contributed by atoms with Crippen molar-refractivity contribution in [2.24, 2.45) is 0 Å². The summed E-state index contributed by atoms with van der Waals surface area (Å²) in [5.41, 5.74) is 0. The van der Waals surface area contributed by atoms with Crippen LogP contribution in [-0.2, 0) is 11.3 Å². The number of hydrogen-bond acceptors (Lipinski definition) is 5. The van der Waals surface area contributed by atoms with E-state index in [4.69, 9.17) is 9.47 Å². The average Bonchev–Trinajstić information content (AvgIpc) is 2.48. The highest BCUT2D eigenvalue weighted by atomic mass is 79.9. The predicted octanol–water partition coefficient (Wildman–Crippen LogP) is 4.00. The van der Waals surface area contributed by atoms with E-state index in [1.54, 1.807) is 6.07 Å². The molecule has 0 fully saturated rings. The van der Waals surface area contributed by atoms with Crippen LogP contribution >= 0.6 is 15.9 Å². The first-order chi connectivity index (χ1) is 10.2. The van der Waals surface area contributed by atoms with Crippen LogP contribution in [0.25, 0.3) is 0 Å². The standard InChI is InChI=1S/C15H18BrN3O2/c1-3-17-13-9-15(19-14(18-13)10-20-4-2)21-12-7-5-11(16)6-8-12/h5-9H,3-4,10H2,1-2H3,(H,17,18,19). The van der Waals surface area contributed by atoms with E-state index in [9.17, 15) is 0 Å². The first-order valence-electron chi connectivity index (χ1n) is 6.84. The zero-order valence-corrected chi connectivity index (χ0v) is 13.7. The Morgan fingerprint density at radius 2 is 1.90 bits per heavy atom. The molecule has 112 valence electrons. The van der Waals surface area contributed by atoms with Crippen LogP contribution in [0.5, 0.6) is 11.6 Å². The molecule has 1 heterocycles. The molecule has 5 nitrogen and oxygen atoms in total. The van der Waals surface area contributed by atoms with E-state index < -0.39 is 0 Å². The van der Waals surface area contributed by atoms with Gasteiger partial charge in [-0.1, -0.05) is 15.9 Å². The summed E-state index contributed by atoms with van der Waals surface area (Å²) >= 11 is 3.40. The summed E-state index contributed by atoms with van der Waals surface area (Å²) < 4.78 is 12.1. The molecular formula is C15H18BrN3O2. The SMILES string of the molecule is CCNc1cc(Oc2ccc(Br)cc2)nc(COCC)n1. The summed E-state index contributed by atoms with van der Waals surface area (Å²) in [6.07, 6.45) is 0. The minimum atomic E-state index is 0.367. The van der Waals surface area contributed by atoms with E-state index >= 15 is 0 Å². The number of nitrogens with zero attached hydrogens (tertiary/aromatic N) is 2. The minimum absolute atomic E-state index is 0.367. The molecule has 0 atom stereocenters. The molecule has 0 radical (unpaired) electrons. The van der Waals surface area contributed by atoms with Crippen molar-refractivity contribution in [3.63, 3.8) is 0 Å². The minimum Gasteiger partial charge on any atom is -0.439 e. The van der Waals surface area contributed by atoms with Crippen LogP contribution in [0.1, 0.15) is 19.7 Å². The first kappa shape index (κ1) is 15.7. The molecule has 0 aliphatic carbocycles. The second kappa shape index (κ2) is 7.95. The Labute approximate surface area is 132 Å². The molecule has 0 amide bonds. The Morgan fingerprint density at radius 1 is 1.14 bits per heavy atom. The maximum absolute atomic E-state index is 5.77. The smallest absolute Gasteiger partial charge is 0.224 e. The highest BCUT2D eigenvalue weighted by Crippen LogP contribution is 2.23. The summed E-state index contributed by atoms with van der Waals surface area (Å²) in [5, 5.41) is 3.17. The van der Waals surface area contributed by atoms with Gasteiger partial charge in [-0.05, 0) is 38.1 Å². The Kier molecular flexibility index (Phi) is 5.95. The number of ether oxygens (including phenoxy) is 2. The van der Waals surface area contributed by atoms with Crippen molar-refractivity contribution >= 4 is 21.7 Å². The number of hydrogen-bond donors (Lipinski definition) is 1. The lowest BCUT2D eigenvalue weighted by molar-refractivity contribution is 0.128. The number of rotatable bonds is 7. The van der Waals surface area contributed by atoms with Crippen LogP contribution in [-0.4, -0.2) is 23.1 Å². The van der Waals surface area contributed by atoms with Gasteiger partial charge in [0.15, 0.2) is 5.82 Å². The van der Waals surface area contributed by atoms with Crippen molar-refractivity contribution < 1.29 is 9.47 Å². The van der Waals surface area contributed by atoms with Crippen molar-refractivity contribution in [2.75, 3.05) is 18.5 Å². The Morgan fingerprint density at radius 3 is 2.57 bits per heavy atom. The van der Waals surface area contributed by atoms with Crippen molar-refractivity contribution in [2.45, 2.75) is 20.5 Å². The van der Waals surface area contributed by atoms with Crippen LogP contribution < -0.4 is 10.1 Å². The van der Waals surface area contributed by atoms with E-state index in [0.29, 0.717) is 24.9 Å². The molecule has 2 rings (SSSR count). The maximum Gasteiger partial charge on any atom is 0.224 e. The Hall–Kier alpha value is -1.66. The molecule has 0 spiro atoms. The summed E-state index contributed by atoms with van der Waals surface area (Å²) in [6.45, 7) is 5.72. The molecule has 0 saturated carbocycles. The number of anilines is 1. The number of aromatic nitrogens is 2. The van der Waals surface area contributed by atoms with Crippen LogP contribution in [0.2, 0.25) is 0 Å². The lowest BCUT2D eigenvalue weighted by Gasteiger charge is -2.10. The maximum atomic E-state index is 5.77. The van der Waals surface area contributed by atoms with Gasteiger partial charge in [0, 0.05) is 23.7 Å². The second-order valence-corrected chi connectivity index (χ2v) is 5.15. The molecule has 1 aromatic carbocycles. The van der Waals surface area contributed by atoms with E-state index in [-0.39, 0.29) is 0 Å². The predicted molar refractivity (Wildman–Crippen MR) is 85.7 cm³/mol. The fraction of sp³-hybridized carbons (Fsp3) is 0.333. The molecule has 0 saturated heterocycles. The summed E-state index contributed by atoms with van der Waals surface area (Å²) in [5.74, 6) is 2.55. The van der Waals surface area contributed by atoms with Crippen molar-refractivity contribution in [3.05, 3.63) is 40.6 Å². The van der Waals surface area contributed by atoms with Gasteiger partial charge in [0.2, 0.25) is 5.88 Å². The van der Waals surface area contributed by atoms with Crippen molar-refractivity contribution in [1.29, 1.82) is 0 Å². The Bertz CT molecular complexity index is 576. The van der Waals surface area contributed by atoms with Gasteiger partial charge in [0.1, 0.15) is 18.2 Å². The fourth-order valence-corrected chi connectivity index (χ4v) is 1.94. The molecule has 1 aromatic heterocycles. The molecule has 2 aromatic rings. The summed E-state index contributed by atoms with van der Waals surface area (Å²) in [6, 6.07) is 9.37. The van der Waals surface area contributed by atoms with Gasteiger partial charge in [-0.2, -0.15) is 4.98 Å². The van der Waals surface area contributed by atoms with Crippen molar-refractivity contribution in [3.8, 4) is 11.6 Å². The van der Waals surface area contributed by atoms with Crippen LogP contribution in [0.3, 0.4) is 0 Å². The second-order valence-electron chi connectivity index (χ2n) is 4.23. The molecule has 0 aliphatic heterocycles. The fourth-order valence-electron chi connectivity index (χ4n) is 1.68. The highest BCUT2D eigenvalue weighted by Gasteiger charge is 2.07. The molecule has 21 heavy (non-hydrogen) atoms. The topological polar surface area (TPSA) is 56.3 Å². The third kappa shape index (κ3) is 4.99. The van der Waals surface area contributed by atoms with Gasteiger partial charge < -0.3 is 14.8 Å². The normalized spacial score (nSPS) is 10.4. The molecule has 1 N–H and O–H groups in total. The van der Waals surface area contributed by atoms with Crippen LogP contribution in [0.4, 0.5) is 5.82 Å². The monoisotopic (exact) mass is 351 g/mol. The van der Waals surface area contributed by atoms with Crippen molar-refractivity contribution in [1.82, 2.24) is 9.97 Å². The van der Waals surface area contributed by atoms with Gasteiger partial charge in [-0.3, -0.25) is 0 Å². The lowest BCUT2D eigenvalue weighted by atomic mass is 10.3. The van der Waals surface area contributed by atoms with Gasteiger partial charge in [-0.15, -0.1) is 0 Å². The van der Waals surface area contributed by atoms with E-state index in [1.807, 2.05) is 38.1 Å². The molecule has 0 bridgehead atoms. The number of halogens is 1. The zero-order valence-electron chi connectivity index (χ0n) is 12.1. The third-order valence-electron chi connectivity index (χ3n) is 2.58. The van der Waals surface area contributed by atoms with Crippen LogP contribution in [0.15, 0.2) is 34.8 Å². The van der Waals surface area contributed by atoms with Crippen LogP contribution in [0, 0.1) is 0 Å². The van der Waals surface area contributed by atoms with Gasteiger partial charge in [0.25, 0.3) is 0 Å². The van der Waals surface area contributed by atoms with Gasteiger partial charge >= 0.3 is 0 Å². The summed E-state index contributed by atoms with van der Waals surface area (Å²) in [4.78, 5) is 8.74. The molecule has 0 unspecified atom stereocenters. The van der Waals surface area contributed by atoms with Gasteiger partial charge in [0.05, 0.1) is 0 Å². The zero-order chi connectivity index (χ0) is 15.1. The number of nitrogens with one attached hydrogen (secondary N) is 1. The van der Waals surface area contributed by atoms with E-state index in [1.165, 1.54) is 0 Å². The first-order valence-corrected chi connectivity index (χ1v) is 7.63. The third-order valence-corrected chi connectivity index (χ3v) is 3.11. The van der Waals surface area contributed by atoms with Gasteiger partial charge in [-0.25, -0.2) is 4.98 Å². The quantitative estimate of drug-likeness (QED) is 0.816. The molecule has 6 heteroatoms. The molecule has 0 aliphatic rings. The van der Waals surface area contributed by atoms with E-state index in [2.05, 4.69) is 31.2 Å². The molecular weight excluding hydrogens is 334 g/mol. The average molecular weight is 352 g/mol. The van der Waals surface area contributed by atoms with E-state index in [0.717, 1.165) is 22.6 Å². The lowest BCUT2D eigenvalue weighted by Crippen LogP contribution is -2.06. The summed E-state index contributed by atoms with van der Waals surface area (Å²) in [7, 11) is 0. The number of benzene rings is 1. The Balaban J connectivity index is 2.19. The highest BCUT2D eigenvalue weighted by molar-refractivity contribution is 9.10.